The molecule has 0 saturated heterocycles. The van der Waals surface area contributed by atoms with Crippen molar-refractivity contribution in [3.63, 3.8) is 0 Å². The van der Waals surface area contributed by atoms with Gasteiger partial charge in [0.2, 0.25) is 0 Å². The first kappa shape index (κ1) is 25.6. The fraction of sp³-hybridized carbons (Fsp3) is 0.958. The van der Waals surface area contributed by atoms with Crippen molar-refractivity contribution < 1.29 is 4.79 Å². The van der Waals surface area contributed by atoms with E-state index in [9.17, 15) is 4.79 Å². The first-order valence-electron chi connectivity index (χ1n) is 12.1. The van der Waals surface area contributed by atoms with Crippen LogP contribution in [0.25, 0.3) is 0 Å². The van der Waals surface area contributed by atoms with Gasteiger partial charge < -0.3 is 16.0 Å². The summed E-state index contributed by atoms with van der Waals surface area (Å²) in [7, 11) is 2.00. The monoisotopic (exact) mass is 395 g/mol. The predicted molar refractivity (Wildman–Crippen MR) is 122 cm³/mol. The summed E-state index contributed by atoms with van der Waals surface area (Å²) in [5.41, 5.74) is -0.239. The number of rotatable bonds is 17. The molecule has 0 spiro atoms. The van der Waals surface area contributed by atoms with Crippen molar-refractivity contribution in [3.05, 3.63) is 0 Å². The summed E-state index contributed by atoms with van der Waals surface area (Å²) in [4.78, 5) is 12.6. The number of carbonyl (C=O) groups is 1. The van der Waals surface area contributed by atoms with Crippen molar-refractivity contribution in [3.8, 4) is 0 Å². The summed E-state index contributed by atoms with van der Waals surface area (Å²) >= 11 is 0. The third kappa shape index (κ3) is 9.84. The van der Waals surface area contributed by atoms with Crippen molar-refractivity contribution in [1.82, 2.24) is 16.0 Å². The summed E-state index contributed by atoms with van der Waals surface area (Å²) < 4.78 is 0. The second-order valence-corrected chi connectivity index (χ2v) is 9.76. The molecule has 1 rings (SSSR count). The lowest BCUT2D eigenvalue weighted by Crippen LogP contribution is -2.64. The molecule has 3 atom stereocenters. The zero-order chi connectivity index (χ0) is 20.8. The summed E-state index contributed by atoms with van der Waals surface area (Å²) in [5, 5.41) is 10.5. The normalized spacial score (nSPS) is 22.2. The molecule has 0 radical (unpaired) electrons. The molecule has 0 amide bonds. The highest BCUT2D eigenvalue weighted by Crippen LogP contribution is 2.34. The molecule has 28 heavy (non-hydrogen) atoms. The van der Waals surface area contributed by atoms with Gasteiger partial charge in [0.15, 0.2) is 0 Å². The molecule has 166 valence electrons. The van der Waals surface area contributed by atoms with Crippen LogP contribution in [0.2, 0.25) is 0 Å². The van der Waals surface area contributed by atoms with E-state index in [0.29, 0.717) is 11.8 Å². The third-order valence-electron chi connectivity index (χ3n) is 6.21. The van der Waals surface area contributed by atoms with E-state index >= 15 is 0 Å². The van der Waals surface area contributed by atoms with Crippen LogP contribution in [0.3, 0.4) is 0 Å². The molecule has 3 unspecified atom stereocenters. The van der Waals surface area contributed by atoms with E-state index < -0.39 is 0 Å². The van der Waals surface area contributed by atoms with Gasteiger partial charge in [-0.05, 0) is 26.4 Å². The Hall–Kier alpha value is -0.450. The summed E-state index contributed by atoms with van der Waals surface area (Å²) in [6.07, 6.45) is 14.8. The molecule has 1 saturated carbocycles. The van der Waals surface area contributed by atoms with E-state index in [-0.39, 0.29) is 17.4 Å². The average molecular weight is 396 g/mol. The van der Waals surface area contributed by atoms with E-state index in [4.69, 9.17) is 0 Å². The number of likely N-dealkylation sites (N-methyl/N-ethyl adjacent to an activating group) is 1. The number of nitrogens with one attached hydrogen (secondary N) is 3. The maximum Gasteiger partial charge on any atom is 0.142 e. The van der Waals surface area contributed by atoms with Gasteiger partial charge in [0.1, 0.15) is 5.78 Å². The first-order valence-corrected chi connectivity index (χ1v) is 12.1. The molecule has 0 aromatic heterocycles. The fourth-order valence-corrected chi connectivity index (χ4v) is 4.25. The summed E-state index contributed by atoms with van der Waals surface area (Å²) in [6.45, 7) is 11.4. The van der Waals surface area contributed by atoms with Crippen LogP contribution in [-0.4, -0.2) is 44.5 Å². The highest BCUT2D eigenvalue weighted by atomic mass is 16.1. The van der Waals surface area contributed by atoms with Gasteiger partial charge in [0.05, 0.1) is 0 Å². The van der Waals surface area contributed by atoms with Gasteiger partial charge in [-0.2, -0.15) is 0 Å². The number of unbranched alkanes of at least 4 members (excludes halogenated alkanes) is 9. The predicted octanol–water partition coefficient (Wildman–Crippen LogP) is 4.68. The molecule has 3 N–H and O–H groups in total. The smallest absolute Gasteiger partial charge is 0.142 e. The minimum Gasteiger partial charge on any atom is -0.315 e. The highest BCUT2D eigenvalue weighted by molar-refractivity contribution is 5.87. The Morgan fingerprint density at radius 2 is 1.43 bits per heavy atom. The molecule has 1 fully saturated rings. The lowest BCUT2D eigenvalue weighted by Gasteiger charge is -2.46. The van der Waals surface area contributed by atoms with Crippen molar-refractivity contribution >= 4 is 5.78 Å². The van der Waals surface area contributed by atoms with Gasteiger partial charge >= 0.3 is 0 Å². The van der Waals surface area contributed by atoms with Gasteiger partial charge in [0, 0.05) is 36.5 Å². The van der Waals surface area contributed by atoms with Crippen molar-refractivity contribution in [2.45, 2.75) is 110 Å². The minimum atomic E-state index is -0.239. The van der Waals surface area contributed by atoms with E-state index in [0.717, 1.165) is 26.1 Å². The van der Waals surface area contributed by atoms with Crippen molar-refractivity contribution in [2.24, 2.45) is 11.3 Å². The van der Waals surface area contributed by atoms with E-state index in [1.807, 2.05) is 27.8 Å². The first-order chi connectivity index (χ1) is 13.4. The maximum absolute atomic E-state index is 12.6. The molecular formula is C24H49N3O. The number of hydrogen-bond donors (Lipinski definition) is 3. The van der Waals surface area contributed by atoms with Gasteiger partial charge in [0.25, 0.3) is 0 Å². The zero-order valence-electron chi connectivity index (χ0n) is 19.5. The average Bonchev–Trinajstić information content (AvgIpc) is 2.63. The quantitative estimate of drug-likeness (QED) is 0.313. The molecule has 4 heteroatoms. The highest BCUT2D eigenvalue weighted by Gasteiger charge is 2.46. The molecule has 0 bridgehead atoms. The van der Waals surface area contributed by atoms with Crippen LogP contribution < -0.4 is 16.0 Å². The molecule has 0 aromatic rings. The molecule has 1 aliphatic carbocycles. The van der Waals surface area contributed by atoms with Crippen LogP contribution in [0.1, 0.15) is 98.3 Å². The van der Waals surface area contributed by atoms with Gasteiger partial charge in [-0.15, -0.1) is 0 Å². The summed E-state index contributed by atoms with van der Waals surface area (Å²) in [6, 6.07) is 0.717. The summed E-state index contributed by atoms with van der Waals surface area (Å²) in [5.74, 6) is 0.564. The molecular weight excluding hydrogens is 346 g/mol. The Balaban J connectivity index is 1.98. The van der Waals surface area contributed by atoms with Gasteiger partial charge in [-0.25, -0.2) is 0 Å². The van der Waals surface area contributed by atoms with E-state index in [1.165, 1.54) is 64.2 Å². The Kier molecular flexibility index (Phi) is 13.3. The second-order valence-electron chi connectivity index (χ2n) is 9.76. The van der Waals surface area contributed by atoms with Crippen LogP contribution in [0.5, 0.6) is 0 Å². The topological polar surface area (TPSA) is 53.2 Å². The molecule has 1 aliphatic rings. The number of carbonyl (C=O) groups excluding carboxylic acids is 1. The standard InChI is InChI=1S/C24H49N3O/c1-6-7-8-9-10-11-12-13-14-15-16-26-17-18-27-22-20(19-21(22)25-5)23(28)24(2,3)4/h20-22,25-27H,6-19H2,1-5H3. The fourth-order valence-electron chi connectivity index (χ4n) is 4.25. The van der Waals surface area contributed by atoms with Crippen LogP contribution in [0.4, 0.5) is 0 Å². The zero-order valence-corrected chi connectivity index (χ0v) is 19.5. The molecule has 0 aliphatic heterocycles. The van der Waals surface area contributed by atoms with Crippen LogP contribution in [-0.2, 0) is 4.79 Å². The van der Waals surface area contributed by atoms with Crippen molar-refractivity contribution in [2.75, 3.05) is 26.7 Å². The van der Waals surface area contributed by atoms with Crippen molar-refractivity contribution in [1.29, 1.82) is 0 Å². The Morgan fingerprint density at radius 3 is 1.96 bits per heavy atom. The van der Waals surface area contributed by atoms with Gasteiger partial charge in [-0.3, -0.25) is 4.79 Å². The SMILES string of the molecule is CCCCCCCCCCCCNCCNC1C(NC)CC1C(=O)C(C)(C)C. The molecule has 0 aromatic carbocycles. The lowest BCUT2D eigenvalue weighted by molar-refractivity contribution is -0.135. The molecule has 0 heterocycles. The number of hydrogen-bond acceptors (Lipinski definition) is 4. The third-order valence-corrected chi connectivity index (χ3v) is 6.21. The van der Waals surface area contributed by atoms with Gasteiger partial charge in [-0.1, -0.05) is 85.5 Å². The van der Waals surface area contributed by atoms with Crippen LogP contribution in [0.15, 0.2) is 0 Å². The largest absolute Gasteiger partial charge is 0.315 e. The van der Waals surface area contributed by atoms with Crippen LogP contribution >= 0.6 is 0 Å². The maximum atomic E-state index is 12.6. The van der Waals surface area contributed by atoms with E-state index in [2.05, 4.69) is 22.9 Å². The number of Topliss-reactive ketones (excluding diaryl/α,β-unsaturated/α-hetero) is 1. The Labute approximate surface area is 175 Å². The lowest BCUT2D eigenvalue weighted by atomic mass is 9.67. The minimum absolute atomic E-state index is 0.166. The Bertz CT molecular complexity index is 405. The van der Waals surface area contributed by atoms with Crippen LogP contribution in [0, 0.1) is 11.3 Å². The number of ketones is 1. The second kappa shape index (κ2) is 14.5. The van der Waals surface area contributed by atoms with E-state index in [1.54, 1.807) is 0 Å². The Morgan fingerprint density at radius 1 is 0.857 bits per heavy atom. The molecule has 4 nitrogen and oxygen atoms in total.